The number of likely N-dealkylation sites (N-methyl/N-ethyl adjacent to an activating group) is 1. The largest absolute Gasteiger partial charge is 0.477 e. The van der Waals surface area contributed by atoms with Gasteiger partial charge < -0.3 is 15.0 Å². The summed E-state index contributed by atoms with van der Waals surface area (Å²) >= 11 is 1.17. The highest BCUT2D eigenvalue weighted by Gasteiger charge is 2.39. The highest BCUT2D eigenvalue weighted by Crippen LogP contribution is 2.35. The molecule has 160 valence electrons. The van der Waals surface area contributed by atoms with E-state index in [1.165, 1.54) is 22.7 Å². The van der Waals surface area contributed by atoms with Crippen LogP contribution in [0.2, 0.25) is 0 Å². The van der Waals surface area contributed by atoms with E-state index in [1.54, 1.807) is 46.7 Å². The molecular formula is C20H23N3O5S2. The van der Waals surface area contributed by atoms with Crippen LogP contribution in [0.3, 0.4) is 0 Å². The second kappa shape index (κ2) is 8.37. The van der Waals surface area contributed by atoms with Gasteiger partial charge in [0.05, 0.1) is 18.2 Å². The van der Waals surface area contributed by atoms with Gasteiger partial charge in [0.25, 0.3) is 15.9 Å². The third-order valence-corrected chi connectivity index (χ3v) is 8.64. The maximum absolute atomic E-state index is 13.5. The highest BCUT2D eigenvalue weighted by molar-refractivity contribution is 7.91. The molecule has 10 heteroatoms. The van der Waals surface area contributed by atoms with Crippen LogP contribution in [0.15, 0.2) is 46.0 Å². The van der Waals surface area contributed by atoms with Crippen LogP contribution in [-0.2, 0) is 19.6 Å². The van der Waals surface area contributed by atoms with Crippen molar-refractivity contribution in [1.29, 1.82) is 0 Å². The van der Waals surface area contributed by atoms with E-state index in [2.05, 4.69) is 5.32 Å². The molecule has 0 bridgehead atoms. The zero-order valence-electron chi connectivity index (χ0n) is 16.5. The van der Waals surface area contributed by atoms with E-state index in [4.69, 9.17) is 4.74 Å². The maximum Gasteiger partial charge on any atom is 0.262 e. The third kappa shape index (κ3) is 3.82. The number of piperidine rings is 1. The van der Waals surface area contributed by atoms with Crippen molar-refractivity contribution in [2.24, 2.45) is 5.92 Å². The molecule has 4 rings (SSSR count). The van der Waals surface area contributed by atoms with Crippen molar-refractivity contribution in [2.45, 2.75) is 23.2 Å². The lowest BCUT2D eigenvalue weighted by Gasteiger charge is -2.38. The average Bonchev–Trinajstić information content (AvgIpc) is 3.33. The smallest absolute Gasteiger partial charge is 0.262 e. The Bertz CT molecular complexity index is 1040. The van der Waals surface area contributed by atoms with E-state index in [0.717, 1.165) is 0 Å². The fourth-order valence-corrected chi connectivity index (χ4v) is 6.53. The van der Waals surface area contributed by atoms with Crippen LogP contribution in [0.25, 0.3) is 0 Å². The Balaban J connectivity index is 1.58. The Morgan fingerprint density at radius 2 is 1.97 bits per heavy atom. The summed E-state index contributed by atoms with van der Waals surface area (Å²) in [5, 5.41) is 4.28. The Morgan fingerprint density at radius 3 is 2.70 bits per heavy atom. The number of carbonyl (C=O) groups is 2. The van der Waals surface area contributed by atoms with Crippen molar-refractivity contribution in [1.82, 2.24) is 9.62 Å². The Kier molecular flexibility index (Phi) is 5.81. The molecule has 2 aromatic rings. The Hall–Kier alpha value is -2.43. The first-order chi connectivity index (χ1) is 14.4. The number of thiophene rings is 1. The van der Waals surface area contributed by atoms with Crippen molar-refractivity contribution in [3.8, 4) is 5.75 Å². The lowest BCUT2D eigenvalue weighted by atomic mass is 9.97. The molecule has 1 aromatic heterocycles. The summed E-state index contributed by atoms with van der Waals surface area (Å²) in [5.41, 5.74) is 0.598. The fourth-order valence-electron chi connectivity index (χ4n) is 3.86. The molecule has 0 unspecified atom stereocenters. The molecule has 2 amide bonds. The van der Waals surface area contributed by atoms with Crippen LogP contribution < -0.4 is 15.0 Å². The van der Waals surface area contributed by atoms with Crippen LogP contribution in [0.4, 0.5) is 5.69 Å². The zero-order valence-corrected chi connectivity index (χ0v) is 18.1. The van der Waals surface area contributed by atoms with Crippen LogP contribution in [-0.4, -0.2) is 57.3 Å². The predicted molar refractivity (Wildman–Crippen MR) is 113 cm³/mol. The van der Waals surface area contributed by atoms with Gasteiger partial charge in [-0.3, -0.25) is 9.59 Å². The number of nitrogens with zero attached hydrogens (tertiary/aromatic N) is 2. The second-order valence-electron chi connectivity index (χ2n) is 7.27. The zero-order chi connectivity index (χ0) is 21.3. The number of para-hydroxylation sites is 2. The van der Waals surface area contributed by atoms with Crippen molar-refractivity contribution in [3.63, 3.8) is 0 Å². The summed E-state index contributed by atoms with van der Waals surface area (Å²) in [6.45, 7) is 0.609. The number of ether oxygens (including phenoxy) is 1. The number of hydrogen-bond acceptors (Lipinski definition) is 6. The van der Waals surface area contributed by atoms with Crippen molar-refractivity contribution < 1.29 is 22.7 Å². The SMILES string of the molecule is CNC(=O)[C@@H]1CN(C(=O)[C@H]2CCCN(S(=O)(=O)c3cccs3)C2)c2ccccc2O1. The van der Waals surface area contributed by atoms with E-state index in [0.29, 0.717) is 30.8 Å². The van der Waals surface area contributed by atoms with Gasteiger partial charge in [-0.15, -0.1) is 11.3 Å². The van der Waals surface area contributed by atoms with E-state index < -0.39 is 22.0 Å². The highest BCUT2D eigenvalue weighted by atomic mass is 32.2. The molecule has 8 nitrogen and oxygen atoms in total. The molecule has 1 aromatic carbocycles. The lowest BCUT2D eigenvalue weighted by Crippen LogP contribution is -2.53. The molecule has 3 heterocycles. The molecule has 1 saturated heterocycles. The average molecular weight is 450 g/mol. The van der Waals surface area contributed by atoms with Gasteiger partial charge in [-0.25, -0.2) is 8.42 Å². The summed E-state index contributed by atoms with van der Waals surface area (Å²) < 4.78 is 33.3. The summed E-state index contributed by atoms with van der Waals surface area (Å²) in [6.07, 6.45) is 0.383. The van der Waals surface area contributed by atoms with Crippen LogP contribution in [0.5, 0.6) is 5.75 Å². The molecule has 0 aliphatic carbocycles. The monoisotopic (exact) mass is 449 g/mol. The van der Waals surface area contributed by atoms with Gasteiger partial charge in [0.1, 0.15) is 9.96 Å². The first kappa shape index (κ1) is 20.8. The summed E-state index contributed by atoms with van der Waals surface area (Å²) in [6, 6.07) is 10.4. The van der Waals surface area contributed by atoms with Crippen LogP contribution in [0, 0.1) is 5.92 Å². The Labute approximate surface area is 179 Å². The van der Waals surface area contributed by atoms with Gasteiger partial charge in [-0.1, -0.05) is 18.2 Å². The standard InChI is InChI=1S/C20H23N3O5S2/c1-21-19(24)17-13-23(15-7-2-3-8-16(15)28-17)20(25)14-6-4-10-22(12-14)30(26,27)18-9-5-11-29-18/h2-3,5,7-9,11,14,17H,4,6,10,12-13H2,1H3,(H,21,24)/t14-,17-/m0/s1. The molecule has 2 atom stereocenters. The van der Waals surface area contributed by atoms with Gasteiger partial charge in [-0.05, 0) is 36.4 Å². The number of amides is 2. The minimum absolute atomic E-state index is 0.0870. The van der Waals surface area contributed by atoms with Crippen molar-refractivity contribution in [2.75, 3.05) is 31.6 Å². The number of anilines is 1. The molecule has 0 saturated carbocycles. The molecule has 0 spiro atoms. The van der Waals surface area contributed by atoms with Gasteiger partial charge in [0.15, 0.2) is 6.10 Å². The van der Waals surface area contributed by atoms with Gasteiger partial charge in [0, 0.05) is 20.1 Å². The summed E-state index contributed by atoms with van der Waals surface area (Å²) in [5.74, 6) is -0.520. The summed E-state index contributed by atoms with van der Waals surface area (Å²) in [7, 11) is -2.09. The number of nitrogens with one attached hydrogen (secondary N) is 1. The quantitative estimate of drug-likeness (QED) is 0.766. The van der Waals surface area contributed by atoms with Gasteiger partial charge in [-0.2, -0.15) is 4.31 Å². The first-order valence-electron chi connectivity index (χ1n) is 9.74. The van der Waals surface area contributed by atoms with Crippen molar-refractivity contribution in [3.05, 3.63) is 41.8 Å². The van der Waals surface area contributed by atoms with E-state index >= 15 is 0 Å². The molecule has 0 radical (unpaired) electrons. The summed E-state index contributed by atoms with van der Waals surface area (Å²) in [4.78, 5) is 27.2. The molecule has 1 fully saturated rings. The minimum Gasteiger partial charge on any atom is -0.477 e. The van der Waals surface area contributed by atoms with Gasteiger partial charge >= 0.3 is 0 Å². The van der Waals surface area contributed by atoms with Gasteiger partial charge in [0.2, 0.25) is 5.91 Å². The first-order valence-corrected chi connectivity index (χ1v) is 12.1. The Morgan fingerprint density at radius 1 is 1.17 bits per heavy atom. The normalized spacial score (nSPS) is 22.1. The number of sulfonamides is 1. The maximum atomic E-state index is 13.5. The number of benzene rings is 1. The van der Waals surface area contributed by atoms with E-state index in [-0.39, 0.29) is 29.1 Å². The van der Waals surface area contributed by atoms with Crippen LogP contribution >= 0.6 is 11.3 Å². The van der Waals surface area contributed by atoms with Crippen LogP contribution in [0.1, 0.15) is 12.8 Å². The molecule has 30 heavy (non-hydrogen) atoms. The number of carbonyl (C=O) groups excluding carboxylic acids is 2. The third-order valence-electron chi connectivity index (χ3n) is 5.40. The van der Waals surface area contributed by atoms with E-state index in [1.807, 2.05) is 0 Å². The van der Waals surface area contributed by atoms with E-state index in [9.17, 15) is 18.0 Å². The number of rotatable bonds is 4. The fraction of sp³-hybridized carbons (Fsp3) is 0.400. The molecular weight excluding hydrogens is 426 g/mol. The molecule has 1 N–H and O–H groups in total. The number of hydrogen-bond donors (Lipinski definition) is 1. The minimum atomic E-state index is -3.61. The topological polar surface area (TPSA) is 96.0 Å². The predicted octanol–water partition coefficient (Wildman–Crippen LogP) is 1.69. The molecule has 2 aliphatic rings. The lowest BCUT2D eigenvalue weighted by molar-refractivity contribution is -0.128. The molecule has 2 aliphatic heterocycles. The second-order valence-corrected chi connectivity index (χ2v) is 10.4. The van der Waals surface area contributed by atoms with Crippen molar-refractivity contribution >= 4 is 38.9 Å². The number of fused-ring (bicyclic) bond motifs is 1.